The molecule has 1 N–H and O–H groups in total. The second-order valence-corrected chi connectivity index (χ2v) is 3.19. The van der Waals surface area contributed by atoms with E-state index in [9.17, 15) is 0 Å². The van der Waals surface area contributed by atoms with E-state index in [2.05, 4.69) is 18.9 Å². The number of aliphatic hydroxyl groups is 1. The summed E-state index contributed by atoms with van der Waals surface area (Å²) in [6, 6.07) is 0.662. The van der Waals surface area contributed by atoms with E-state index in [1.165, 1.54) is 13.0 Å². The summed E-state index contributed by atoms with van der Waals surface area (Å²) in [5.74, 6) is 0.513. The average Bonchev–Trinajstić information content (AvgIpc) is 1.96. The van der Waals surface area contributed by atoms with E-state index in [0.29, 0.717) is 18.6 Å². The Morgan fingerprint density at radius 1 is 1.70 bits per heavy atom. The van der Waals surface area contributed by atoms with Crippen molar-refractivity contribution < 1.29 is 5.11 Å². The summed E-state index contributed by atoms with van der Waals surface area (Å²) in [6.07, 6.45) is 2.38. The Morgan fingerprint density at radius 3 is 2.50 bits per heavy atom. The van der Waals surface area contributed by atoms with Gasteiger partial charge in [0.2, 0.25) is 0 Å². The van der Waals surface area contributed by atoms with Crippen LogP contribution < -0.4 is 0 Å². The Morgan fingerprint density at radius 2 is 2.40 bits per heavy atom. The lowest BCUT2D eigenvalue weighted by molar-refractivity contribution is 0.0414. The van der Waals surface area contributed by atoms with Crippen molar-refractivity contribution in [1.82, 2.24) is 4.90 Å². The molecule has 1 rings (SSSR count). The molecule has 0 aromatic rings. The fourth-order valence-electron chi connectivity index (χ4n) is 1.65. The maximum atomic E-state index is 8.95. The smallest absolute Gasteiger partial charge is 0.0474 e. The van der Waals surface area contributed by atoms with Crippen LogP contribution in [0, 0.1) is 5.92 Å². The molecule has 0 spiro atoms. The van der Waals surface area contributed by atoms with E-state index < -0.39 is 0 Å². The molecule has 0 aromatic carbocycles. The number of aliphatic hydroxyl groups excluding tert-OH is 1. The first kappa shape index (κ1) is 8.02. The summed E-state index contributed by atoms with van der Waals surface area (Å²) in [5.41, 5.74) is 0. The second kappa shape index (κ2) is 3.35. The first-order chi connectivity index (χ1) is 4.79. The third-order valence-electron chi connectivity index (χ3n) is 2.65. The van der Waals surface area contributed by atoms with Gasteiger partial charge in [-0.1, -0.05) is 6.92 Å². The largest absolute Gasteiger partial charge is 0.396 e. The van der Waals surface area contributed by atoms with Gasteiger partial charge in [0.25, 0.3) is 0 Å². The van der Waals surface area contributed by atoms with Crippen LogP contribution in [0.4, 0.5) is 0 Å². The van der Waals surface area contributed by atoms with Gasteiger partial charge in [-0.3, -0.25) is 0 Å². The highest BCUT2D eigenvalue weighted by molar-refractivity contribution is 4.84. The molecule has 2 nitrogen and oxygen atoms in total. The standard InChI is InChI=1S/C8H17NO/c1-3-7(6-10)8-4-5-9(8)2/h7-8,10H,3-6H2,1-2H3. The molecular formula is C8H17NO. The Bertz CT molecular complexity index is 98.7. The van der Waals surface area contributed by atoms with Gasteiger partial charge < -0.3 is 10.0 Å². The summed E-state index contributed by atoms with van der Waals surface area (Å²) >= 11 is 0. The molecule has 0 amide bonds. The van der Waals surface area contributed by atoms with Gasteiger partial charge in [-0.05, 0) is 32.4 Å². The van der Waals surface area contributed by atoms with Crippen LogP contribution in [0.25, 0.3) is 0 Å². The lowest BCUT2D eigenvalue weighted by Gasteiger charge is -2.42. The SMILES string of the molecule is CCC(CO)C1CCN1C. The highest BCUT2D eigenvalue weighted by Crippen LogP contribution is 2.24. The van der Waals surface area contributed by atoms with Crippen LogP contribution in [0.3, 0.4) is 0 Å². The first-order valence-corrected chi connectivity index (χ1v) is 4.10. The average molecular weight is 143 g/mol. The molecule has 0 saturated carbocycles. The van der Waals surface area contributed by atoms with Gasteiger partial charge in [0, 0.05) is 12.6 Å². The second-order valence-electron chi connectivity index (χ2n) is 3.19. The van der Waals surface area contributed by atoms with Gasteiger partial charge in [0.15, 0.2) is 0 Å². The van der Waals surface area contributed by atoms with Crippen molar-refractivity contribution in [3.63, 3.8) is 0 Å². The van der Waals surface area contributed by atoms with Gasteiger partial charge in [-0.25, -0.2) is 0 Å². The first-order valence-electron chi connectivity index (χ1n) is 4.10. The third-order valence-corrected chi connectivity index (χ3v) is 2.65. The summed E-state index contributed by atoms with van der Waals surface area (Å²) in [6.45, 7) is 3.71. The number of rotatable bonds is 3. The predicted octanol–water partition coefficient (Wildman–Crippen LogP) is 0.709. The van der Waals surface area contributed by atoms with Crippen molar-refractivity contribution in [2.45, 2.75) is 25.8 Å². The van der Waals surface area contributed by atoms with E-state index in [1.54, 1.807) is 0 Å². The van der Waals surface area contributed by atoms with Crippen molar-refractivity contribution in [3.8, 4) is 0 Å². The highest BCUT2D eigenvalue weighted by Gasteiger charge is 2.30. The van der Waals surface area contributed by atoms with Crippen LogP contribution in [-0.2, 0) is 0 Å². The van der Waals surface area contributed by atoms with Crippen LogP contribution in [-0.4, -0.2) is 36.2 Å². The minimum Gasteiger partial charge on any atom is -0.396 e. The van der Waals surface area contributed by atoms with E-state index in [4.69, 9.17) is 5.11 Å². The molecule has 0 aliphatic carbocycles. The zero-order valence-corrected chi connectivity index (χ0v) is 6.88. The van der Waals surface area contributed by atoms with Gasteiger partial charge >= 0.3 is 0 Å². The maximum absolute atomic E-state index is 8.95. The van der Waals surface area contributed by atoms with Gasteiger partial charge in [-0.2, -0.15) is 0 Å². The molecule has 1 aliphatic heterocycles. The minimum absolute atomic E-state index is 0.353. The molecule has 1 aliphatic rings. The van der Waals surface area contributed by atoms with E-state index in [-0.39, 0.29) is 0 Å². The number of likely N-dealkylation sites (tertiary alicyclic amines) is 1. The molecular weight excluding hydrogens is 126 g/mol. The molecule has 1 heterocycles. The fourth-order valence-corrected chi connectivity index (χ4v) is 1.65. The summed E-state index contributed by atoms with van der Waals surface area (Å²) in [5, 5.41) is 8.95. The highest BCUT2D eigenvalue weighted by atomic mass is 16.3. The van der Waals surface area contributed by atoms with Crippen LogP contribution in [0.1, 0.15) is 19.8 Å². The van der Waals surface area contributed by atoms with Gasteiger partial charge in [0.05, 0.1) is 0 Å². The van der Waals surface area contributed by atoms with Crippen LogP contribution in [0.15, 0.2) is 0 Å². The fraction of sp³-hybridized carbons (Fsp3) is 1.00. The third kappa shape index (κ3) is 1.32. The maximum Gasteiger partial charge on any atom is 0.0474 e. The Kier molecular flexibility index (Phi) is 2.69. The molecule has 10 heavy (non-hydrogen) atoms. The summed E-state index contributed by atoms with van der Waals surface area (Å²) < 4.78 is 0. The zero-order valence-electron chi connectivity index (χ0n) is 6.88. The zero-order chi connectivity index (χ0) is 7.56. The molecule has 2 unspecified atom stereocenters. The quantitative estimate of drug-likeness (QED) is 0.629. The molecule has 0 bridgehead atoms. The minimum atomic E-state index is 0.353. The molecule has 2 heteroatoms. The van der Waals surface area contributed by atoms with Gasteiger partial charge in [-0.15, -0.1) is 0 Å². The number of nitrogens with zero attached hydrogens (tertiary/aromatic N) is 1. The van der Waals surface area contributed by atoms with Crippen molar-refractivity contribution in [3.05, 3.63) is 0 Å². The normalized spacial score (nSPS) is 29.7. The van der Waals surface area contributed by atoms with Crippen molar-refractivity contribution in [2.75, 3.05) is 20.2 Å². The van der Waals surface area contributed by atoms with Crippen LogP contribution in [0.2, 0.25) is 0 Å². The molecule has 0 radical (unpaired) electrons. The number of hydrogen-bond acceptors (Lipinski definition) is 2. The van der Waals surface area contributed by atoms with Crippen molar-refractivity contribution in [2.24, 2.45) is 5.92 Å². The predicted molar refractivity (Wildman–Crippen MR) is 41.9 cm³/mol. The van der Waals surface area contributed by atoms with Crippen LogP contribution >= 0.6 is 0 Å². The molecule has 60 valence electrons. The Balaban J connectivity index is 2.31. The van der Waals surface area contributed by atoms with Crippen molar-refractivity contribution in [1.29, 1.82) is 0 Å². The van der Waals surface area contributed by atoms with E-state index >= 15 is 0 Å². The van der Waals surface area contributed by atoms with Gasteiger partial charge in [0.1, 0.15) is 0 Å². The molecule has 0 aromatic heterocycles. The number of hydrogen-bond donors (Lipinski definition) is 1. The van der Waals surface area contributed by atoms with E-state index in [1.807, 2.05) is 0 Å². The monoisotopic (exact) mass is 143 g/mol. The lowest BCUT2D eigenvalue weighted by Crippen LogP contribution is -2.50. The van der Waals surface area contributed by atoms with E-state index in [0.717, 1.165) is 6.42 Å². The Labute approximate surface area is 62.8 Å². The van der Waals surface area contributed by atoms with Crippen molar-refractivity contribution >= 4 is 0 Å². The summed E-state index contributed by atoms with van der Waals surface area (Å²) in [4.78, 5) is 2.32. The summed E-state index contributed by atoms with van der Waals surface area (Å²) in [7, 11) is 2.13. The molecule has 1 saturated heterocycles. The molecule has 1 fully saturated rings. The lowest BCUT2D eigenvalue weighted by atomic mass is 9.88. The topological polar surface area (TPSA) is 23.5 Å². The Hall–Kier alpha value is -0.0800. The van der Waals surface area contributed by atoms with Crippen LogP contribution in [0.5, 0.6) is 0 Å². The molecule has 2 atom stereocenters.